The van der Waals surface area contributed by atoms with Crippen molar-refractivity contribution in [3.63, 3.8) is 0 Å². The van der Waals surface area contributed by atoms with Gasteiger partial charge in [0.15, 0.2) is 5.82 Å². The molecule has 0 atom stereocenters. The number of benzene rings is 1. The van der Waals surface area contributed by atoms with Gasteiger partial charge in [0.25, 0.3) is 11.8 Å². The van der Waals surface area contributed by atoms with Gasteiger partial charge in [0.2, 0.25) is 0 Å². The number of aromatic nitrogens is 2. The maximum atomic E-state index is 13.6. The van der Waals surface area contributed by atoms with E-state index in [1.807, 2.05) is 0 Å². The van der Waals surface area contributed by atoms with Gasteiger partial charge in [-0.2, -0.15) is 0 Å². The maximum Gasteiger partial charge on any atom is 0.275 e. The van der Waals surface area contributed by atoms with Gasteiger partial charge in [-0.05, 0) is 31.2 Å². The van der Waals surface area contributed by atoms with Crippen LogP contribution in [0.1, 0.15) is 26.6 Å². The molecule has 0 fully saturated rings. The molecule has 7 nitrogen and oxygen atoms in total. The van der Waals surface area contributed by atoms with Crippen molar-refractivity contribution >= 4 is 23.3 Å². The summed E-state index contributed by atoms with van der Waals surface area (Å²) in [6.45, 7) is 1.67. The first-order valence-corrected chi connectivity index (χ1v) is 7.39. The molecule has 2 heterocycles. The summed E-state index contributed by atoms with van der Waals surface area (Å²) in [5.74, 6) is -2.22. The highest BCUT2D eigenvalue weighted by atomic mass is 19.1. The van der Waals surface area contributed by atoms with Gasteiger partial charge in [-0.1, -0.05) is 5.16 Å². The van der Waals surface area contributed by atoms with E-state index in [1.54, 1.807) is 6.92 Å². The van der Waals surface area contributed by atoms with Crippen LogP contribution in [0.4, 0.5) is 20.3 Å². The predicted octanol–water partition coefficient (Wildman–Crippen LogP) is 3.16. The Morgan fingerprint density at radius 3 is 2.54 bits per heavy atom. The molecule has 0 spiro atoms. The van der Waals surface area contributed by atoms with Crippen LogP contribution in [-0.2, 0) is 0 Å². The molecule has 0 saturated carbocycles. The molecule has 9 heteroatoms. The third kappa shape index (κ3) is 3.89. The maximum absolute atomic E-state index is 13.6. The lowest BCUT2D eigenvalue weighted by Crippen LogP contribution is -2.17. The summed E-state index contributed by atoms with van der Waals surface area (Å²) in [6, 6.07) is 6.88. The van der Waals surface area contributed by atoms with Crippen molar-refractivity contribution in [2.75, 3.05) is 10.6 Å². The minimum absolute atomic E-state index is 0.0436. The monoisotopic (exact) mass is 358 g/mol. The van der Waals surface area contributed by atoms with Crippen LogP contribution in [0.25, 0.3) is 0 Å². The number of nitrogens with zero attached hydrogens (tertiary/aromatic N) is 2. The standard InChI is InChI=1S/C17H12F2N4O3/c1-9-6-15(23-26-9)22-17(25)14-7-10(4-5-20-14)16(24)21-13-3-2-11(18)8-12(13)19/h2-8H,1H3,(H,21,24)(H,22,23,25). The molecule has 3 rings (SSSR count). The van der Waals surface area contributed by atoms with Crippen LogP contribution in [0.5, 0.6) is 0 Å². The Balaban J connectivity index is 1.75. The molecular weight excluding hydrogens is 346 g/mol. The molecule has 26 heavy (non-hydrogen) atoms. The summed E-state index contributed by atoms with van der Waals surface area (Å²) in [7, 11) is 0. The number of halogens is 2. The third-order valence-corrected chi connectivity index (χ3v) is 3.30. The number of rotatable bonds is 4. The smallest absolute Gasteiger partial charge is 0.275 e. The number of amides is 2. The van der Waals surface area contributed by atoms with E-state index in [9.17, 15) is 18.4 Å². The number of pyridine rings is 1. The molecule has 0 radical (unpaired) electrons. The van der Waals surface area contributed by atoms with Crippen molar-refractivity contribution in [2.24, 2.45) is 0 Å². The molecule has 0 bridgehead atoms. The Morgan fingerprint density at radius 1 is 1.04 bits per heavy atom. The van der Waals surface area contributed by atoms with Crippen molar-refractivity contribution in [1.29, 1.82) is 0 Å². The molecule has 1 aromatic carbocycles. The Morgan fingerprint density at radius 2 is 1.85 bits per heavy atom. The van der Waals surface area contributed by atoms with Crippen molar-refractivity contribution < 1.29 is 22.9 Å². The SMILES string of the molecule is Cc1cc(NC(=O)c2cc(C(=O)Nc3ccc(F)cc3F)ccn2)no1. The number of aryl methyl sites for hydroxylation is 1. The number of carbonyl (C=O) groups is 2. The molecule has 0 aliphatic rings. The highest BCUT2D eigenvalue weighted by molar-refractivity contribution is 6.07. The van der Waals surface area contributed by atoms with Crippen LogP contribution in [-0.4, -0.2) is 22.0 Å². The molecule has 0 aliphatic heterocycles. The molecular formula is C17H12F2N4O3. The lowest BCUT2D eigenvalue weighted by atomic mass is 10.2. The summed E-state index contributed by atoms with van der Waals surface area (Å²) in [6.07, 6.45) is 1.26. The molecule has 0 unspecified atom stereocenters. The van der Waals surface area contributed by atoms with Crippen molar-refractivity contribution in [3.05, 3.63) is 71.2 Å². The highest BCUT2D eigenvalue weighted by Crippen LogP contribution is 2.16. The van der Waals surface area contributed by atoms with Crippen LogP contribution >= 0.6 is 0 Å². The highest BCUT2D eigenvalue weighted by Gasteiger charge is 2.15. The van der Waals surface area contributed by atoms with Gasteiger partial charge in [-0.25, -0.2) is 8.78 Å². The first-order valence-electron chi connectivity index (χ1n) is 7.39. The summed E-state index contributed by atoms with van der Waals surface area (Å²) >= 11 is 0. The van der Waals surface area contributed by atoms with E-state index in [0.717, 1.165) is 12.1 Å². The Bertz CT molecular complexity index is 988. The van der Waals surface area contributed by atoms with Gasteiger partial charge in [-0.15, -0.1) is 0 Å². The van der Waals surface area contributed by atoms with Crippen LogP contribution in [0.15, 0.2) is 47.1 Å². The van der Waals surface area contributed by atoms with E-state index >= 15 is 0 Å². The van der Waals surface area contributed by atoms with Crippen LogP contribution in [0.3, 0.4) is 0 Å². The van der Waals surface area contributed by atoms with Gasteiger partial charge in [-0.3, -0.25) is 14.6 Å². The number of anilines is 2. The third-order valence-electron chi connectivity index (χ3n) is 3.30. The second-order valence-corrected chi connectivity index (χ2v) is 5.28. The van der Waals surface area contributed by atoms with Gasteiger partial charge in [0.05, 0.1) is 5.69 Å². The number of carbonyl (C=O) groups excluding carboxylic acids is 2. The van der Waals surface area contributed by atoms with Gasteiger partial charge >= 0.3 is 0 Å². The summed E-state index contributed by atoms with van der Waals surface area (Å²) < 4.78 is 31.4. The fourth-order valence-corrected chi connectivity index (χ4v) is 2.09. The molecule has 0 aliphatic carbocycles. The minimum Gasteiger partial charge on any atom is -0.360 e. The first-order chi connectivity index (χ1) is 12.4. The van der Waals surface area contributed by atoms with E-state index in [4.69, 9.17) is 4.52 Å². The fourth-order valence-electron chi connectivity index (χ4n) is 2.09. The molecule has 132 valence electrons. The normalized spacial score (nSPS) is 10.4. The minimum atomic E-state index is -0.910. The zero-order chi connectivity index (χ0) is 18.7. The Kier molecular flexibility index (Phi) is 4.70. The average molecular weight is 358 g/mol. The van der Waals surface area contributed by atoms with Gasteiger partial charge in [0, 0.05) is 23.9 Å². The molecule has 2 aromatic heterocycles. The van der Waals surface area contributed by atoms with Crippen LogP contribution in [0, 0.1) is 18.6 Å². The summed E-state index contributed by atoms with van der Waals surface area (Å²) in [5.41, 5.74) is -0.152. The second-order valence-electron chi connectivity index (χ2n) is 5.28. The number of hydrogen-bond acceptors (Lipinski definition) is 5. The lowest BCUT2D eigenvalue weighted by Gasteiger charge is -2.07. The summed E-state index contributed by atoms with van der Waals surface area (Å²) in [4.78, 5) is 28.3. The van der Waals surface area contributed by atoms with Crippen molar-refractivity contribution in [3.8, 4) is 0 Å². The predicted molar refractivity (Wildman–Crippen MR) is 87.7 cm³/mol. The number of nitrogens with one attached hydrogen (secondary N) is 2. The largest absolute Gasteiger partial charge is 0.360 e. The van der Waals surface area contributed by atoms with Crippen molar-refractivity contribution in [2.45, 2.75) is 6.92 Å². The molecule has 2 amide bonds. The van der Waals surface area contributed by atoms with Gasteiger partial charge < -0.3 is 15.2 Å². The number of hydrogen-bond donors (Lipinski definition) is 2. The van der Waals surface area contributed by atoms with E-state index in [2.05, 4.69) is 20.8 Å². The van der Waals surface area contributed by atoms with Crippen molar-refractivity contribution in [1.82, 2.24) is 10.1 Å². The van der Waals surface area contributed by atoms with Gasteiger partial charge in [0.1, 0.15) is 23.1 Å². The zero-order valence-electron chi connectivity index (χ0n) is 13.4. The molecule has 0 saturated heterocycles. The quantitative estimate of drug-likeness (QED) is 0.747. The Hall–Kier alpha value is -3.62. The topological polar surface area (TPSA) is 97.1 Å². The zero-order valence-corrected chi connectivity index (χ0v) is 13.4. The van der Waals surface area contributed by atoms with E-state index in [0.29, 0.717) is 11.8 Å². The van der Waals surface area contributed by atoms with Crippen LogP contribution in [0.2, 0.25) is 0 Å². The molecule has 3 aromatic rings. The summed E-state index contributed by atoms with van der Waals surface area (Å²) in [5, 5.41) is 8.40. The molecule has 2 N–H and O–H groups in total. The lowest BCUT2D eigenvalue weighted by molar-refractivity contribution is 0.102. The van der Waals surface area contributed by atoms with E-state index in [-0.39, 0.29) is 22.8 Å². The first kappa shape index (κ1) is 17.2. The Labute approximate surface area is 146 Å². The van der Waals surface area contributed by atoms with Crippen LogP contribution < -0.4 is 10.6 Å². The average Bonchev–Trinajstić information content (AvgIpc) is 3.02. The fraction of sp³-hybridized carbons (Fsp3) is 0.0588. The second kappa shape index (κ2) is 7.09. The van der Waals surface area contributed by atoms with E-state index < -0.39 is 23.4 Å². The van der Waals surface area contributed by atoms with E-state index in [1.165, 1.54) is 24.4 Å².